The topological polar surface area (TPSA) is 32.8 Å². The lowest BCUT2D eigenvalue weighted by atomic mass is 9.95. The molecule has 0 bridgehead atoms. The molecule has 3 unspecified atom stereocenters. The van der Waals surface area contributed by atoms with Gasteiger partial charge in [-0.05, 0) is 42.9 Å². The molecular weight excluding hydrogens is 200 g/mol. The first-order chi connectivity index (χ1) is 7.61. The van der Waals surface area contributed by atoms with Gasteiger partial charge in [0.05, 0.1) is 12.2 Å². The highest BCUT2D eigenvalue weighted by Gasteiger charge is 2.40. The fraction of sp³-hybridized carbons (Fsp3) is 0.571. The Labute approximate surface area is 97.3 Å². The molecular formula is C14H20O2. The van der Waals surface area contributed by atoms with E-state index in [1.807, 2.05) is 13.0 Å². The molecule has 1 aromatic rings. The van der Waals surface area contributed by atoms with Crippen LogP contribution in [0.3, 0.4) is 0 Å². The second-order valence-corrected chi connectivity index (χ2v) is 4.85. The highest BCUT2D eigenvalue weighted by Crippen LogP contribution is 2.33. The molecule has 1 aliphatic rings. The van der Waals surface area contributed by atoms with Gasteiger partial charge in [0, 0.05) is 0 Å². The quantitative estimate of drug-likeness (QED) is 0.791. The third-order valence-electron chi connectivity index (χ3n) is 3.40. The van der Waals surface area contributed by atoms with Crippen LogP contribution in [0.1, 0.15) is 31.4 Å². The van der Waals surface area contributed by atoms with Gasteiger partial charge < -0.3 is 9.84 Å². The SMILES string of the molecule is CCC1OC1C(C)Cc1ccc(O)c(C)c1. The third-order valence-corrected chi connectivity index (χ3v) is 3.40. The molecule has 1 heterocycles. The van der Waals surface area contributed by atoms with Gasteiger partial charge in [0.2, 0.25) is 0 Å². The number of ether oxygens (including phenoxy) is 1. The summed E-state index contributed by atoms with van der Waals surface area (Å²) in [5.74, 6) is 0.944. The predicted octanol–water partition coefficient (Wildman–Crippen LogP) is 3.06. The number of aromatic hydroxyl groups is 1. The monoisotopic (exact) mass is 220 g/mol. The largest absolute Gasteiger partial charge is 0.508 e. The van der Waals surface area contributed by atoms with E-state index in [-0.39, 0.29) is 0 Å². The third kappa shape index (κ3) is 2.38. The van der Waals surface area contributed by atoms with Crippen molar-refractivity contribution in [2.75, 3.05) is 0 Å². The normalized spacial score (nSPS) is 25.4. The second kappa shape index (κ2) is 4.46. The van der Waals surface area contributed by atoms with Gasteiger partial charge in [-0.15, -0.1) is 0 Å². The van der Waals surface area contributed by atoms with Gasteiger partial charge in [-0.1, -0.05) is 26.0 Å². The molecule has 1 aliphatic heterocycles. The Morgan fingerprint density at radius 1 is 1.44 bits per heavy atom. The molecule has 2 heteroatoms. The van der Waals surface area contributed by atoms with Crippen LogP contribution < -0.4 is 0 Å². The molecule has 0 radical (unpaired) electrons. The Hall–Kier alpha value is -1.02. The lowest BCUT2D eigenvalue weighted by molar-refractivity contribution is 0.322. The molecule has 2 nitrogen and oxygen atoms in total. The number of hydrogen-bond donors (Lipinski definition) is 1. The fourth-order valence-electron chi connectivity index (χ4n) is 2.32. The van der Waals surface area contributed by atoms with Crippen LogP contribution in [0.5, 0.6) is 5.75 Å². The molecule has 16 heavy (non-hydrogen) atoms. The van der Waals surface area contributed by atoms with Crippen molar-refractivity contribution in [3.63, 3.8) is 0 Å². The summed E-state index contributed by atoms with van der Waals surface area (Å²) in [5.41, 5.74) is 2.24. The molecule has 0 aromatic heterocycles. The fourth-order valence-corrected chi connectivity index (χ4v) is 2.32. The first kappa shape index (κ1) is 11.5. The summed E-state index contributed by atoms with van der Waals surface area (Å²) in [6.45, 7) is 6.34. The van der Waals surface area contributed by atoms with E-state index in [0.717, 1.165) is 18.4 Å². The van der Waals surface area contributed by atoms with Crippen molar-refractivity contribution in [3.05, 3.63) is 29.3 Å². The molecule has 2 rings (SSSR count). The highest BCUT2D eigenvalue weighted by molar-refractivity contribution is 5.35. The summed E-state index contributed by atoms with van der Waals surface area (Å²) in [7, 11) is 0. The molecule has 0 spiro atoms. The zero-order valence-corrected chi connectivity index (χ0v) is 10.2. The van der Waals surface area contributed by atoms with Crippen LogP contribution in [-0.4, -0.2) is 17.3 Å². The molecule has 0 aliphatic carbocycles. The molecule has 1 aromatic carbocycles. The van der Waals surface area contributed by atoms with Crippen molar-refractivity contribution in [3.8, 4) is 5.75 Å². The van der Waals surface area contributed by atoms with E-state index in [1.165, 1.54) is 5.56 Å². The Morgan fingerprint density at radius 3 is 2.75 bits per heavy atom. The average molecular weight is 220 g/mol. The van der Waals surface area contributed by atoms with Crippen molar-refractivity contribution in [2.24, 2.45) is 5.92 Å². The van der Waals surface area contributed by atoms with Gasteiger partial charge in [0.25, 0.3) is 0 Å². The number of phenols is 1. The van der Waals surface area contributed by atoms with Crippen molar-refractivity contribution < 1.29 is 9.84 Å². The minimum atomic E-state index is 0.380. The average Bonchev–Trinajstić information content (AvgIpc) is 3.02. The van der Waals surface area contributed by atoms with Gasteiger partial charge >= 0.3 is 0 Å². The first-order valence-electron chi connectivity index (χ1n) is 6.05. The smallest absolute Gasteiger partial charge is 0.118 e. The van der Waals surface area contributed by atoms with Crippen LogP contribution in [0.4, 0.5) is 0 Å². The molecule has 3 atom stereocenters. The maximum absolute atomic E-state index is 9.45. The zero-order chi connectivity index (χ0) is 11.7. The number of hydrogen-bond acceptors (Lipinski definition) is 2. The van der Waals surface area contributed by atoms with E-state index in [1.54, 1.807) is 6.07 Å². The van der Waals surface area contributed by atoms with Crippen molar-refractivity contribution in [1.29, 1.82) is 0 Å². The Kier molecular flexibility index (Phi) is 3.20. The van der Waals surface area contributed by atoms with Crippen molar-refractivity contribution in [1.82, 2.24) is 0 Å². The van der Waals surface area contributed by atoms with Gasteiger partial charge in [0.1, 0.15) is 5.75 Å². The van der Waals surface area contributed by atoms with E-state index in [2.05, 4.69) is 19.9 Å². The van der Waals surface area contributed by atoms with E-state index in [4.69, 9.17) is 4.74 Å². The van der Waals surface area contributed by atoms with Gasteiger partial charge in [-0.25, -0.2) is 0 Å². The minimum absolute atomic E-state index is 0.380. The van der Waals surface area contributed by atoms with E-state index < -0.39 is 0 Å². The zero-order valence-electron chi connectivity index (χ0n) is 10.2. The number of phenolic OH excluding ortho intramolecular Hbond substituents is 1. The highest BCUT2D eigenvalue weighted by atomic mass is 16.6. The summed E-state index contributed by atoms with van der Waals surface area (Å²) < 4.78 is 5.60. The second-order valence-electron chi connectivity index (χ2n) is 4.85. The summed E-state index contributed by atoms with van der Waals surface area (Å²) in [6, 6.07) is 5.85. The number of benzene rings is 1. The number of epoxide rings is 1. The van der Waals surface area contributed by atoms with Crippen LogP contribution in [0, 0.1) is 12.8 Å². The molecule has 0 amide bonds. The van der Waals surface area contributed by atoms with Gasteiger partial charge in [-0.3, -0.25) is 0 Å². The van der Waals surface area contributed by atoms with Crippen LogP contribution in [-0.2, 0) is 11.2 Å². The molecule has 88 valence electrons. The maximum Gasteiger partial charge on any atom is 0.118 e. The molecule has 1 fully saturated rings. The van der Waals surface area contributed by atoms with Crippen LogP contribution in [0.2, 0.25) is 0 Å². The van der Waals surface area contributed by atoms with Crippen molar-refractivity contribution >= 4 is 0 Å². The lowest BCUT2D eigenvalue weighted by Crippen LogP contribution is -2.09. The Morgan fingerprint density at radius 2 is 2.19 bits per heavy atom. The maximum atomic E-state index is 9.45. The Bertz CT molecular complexity index is 373. The standard InChI is InChI=1S/C14H20O2/c1-4-13-14(16-13)10(3)8-11-5-6-12(15)9(2)7-11/h5-7,10,13-15H,4,8H2,1-3H3. The number of aryl methyl sites for hydroxylation is 1. The van der Waals surface area contributed by atoms with E-state index in [0.29, 0.717) is 23.9 Å². The summed E-state index contributed by atoms with van der Waals surface area (Å²) in [4.78, 5) is 0. The lowest BCUT2D eigenvalue weighted by Gasteiger charge is -2.09. The van der Waals surface area contributed by atoms with Crippen molar-refractivity contribution in [2.45, 2.75) is 45.8 Å². The number of rotatable bonds is 4. The minimum Gasteiger partial charge on any atom is -0.508 e. The van der Waals surface area contributed by atoms with E-state index >= 15 is 0 Å². The van der Waals surface area contributed by atoms with E-state index in [9.17, 15) is 5.11 Å². The molecule has 1 N–H and O–H groups in total. The molecule has 0 saturated carbocycles. The first-order valence-corrected chi connectivity index (χ1v) is 6.05. The Balaban J connectivity index is 1.96. The summed E-state index contributed by atoms with van der Waals surface area (Å²) >= 11 is 0. The van der Waals surface area contributed by atoms with Gasteiger partial charge in [-0.2, -0.15) is 0 Å². The van der Waals surface area contributed by atoms with Gasteiger partial charge in [0.15, 0.2) is 0 Å². The predicted molar refractivity (Wildman–Crippen MR) is 64.7 cm³/mol. The molecule has 1 saturated heterocycles. The van der Waals surface area contributed by atoms with Crippen LogP contribution in [0.15, 0.2) is 18.2 Å². The summed E-state index contributed by atoms with van der Waals surface area (Å²) in [5, 5.41) is 9.45. The van der Waals surface area contributed by atoms with Crippen LogP contribution >= 0.6 is 0 Å². The van der Waals surface area contributed by atoms with Crippen LogP contribution in [0.25, 0.3) is 0 Å². The summed E-state index contributed by atoms with van der Waals surface area (Å²) in [6.07, 6.45) is 3.07.